The van der Waals surface area contributed by atoms with E-state index in [0.29, 0.717) is 6.54 Å². The zero-order valence-electron chi connectivity index (χ0n) is 14.3. The summed E-state index contributed by atoms with van der Waals surface area (Å²) in [4.78, 5) is 0. The molecule has 2 aromatic carbocycles. The third-order valence-electron chi connectivity index (χ3n) is 4.55. The van der Waals surface area contributed by atoms with Crippen molar-refractivity contribution in [1.82, 2.24) is 4.57 Å². The van der Waals surface area contributed by atoms with Crippen molar-refractivity contribution in [3.05, 3.63) is 84.2 Å². The number of fused-ring (bicyclic) bond motifs is 1. The van der Waals surface area contributed by atoms with Gasteiger partial charge in [0.2, 0.25) is 0 Å². The van der Waals surface area contributed by atoms with Crippen molar-refractivity contribution in [2.24, 2.45) is 5.41 Å². The first-order valence-corrected chi connectivity index (χ1v) is 8.23. The smallest absolute Gasteiger partial charge is 0.128 e. The fourth-order valence-corrected chi connectivity index (χ4v) is 3.12. The normalized spacial score (nSPS) is 11.4. The van der Waals surface area contributed by atoms with E-state index in [1.165, 1.54) is 16.6 Å². The van der Waals surface area contributed by atoms with Crippen LogP contribution in [0.15, 0.2) is 67.3 Å². The molecule has 0 N–H and O–H groups in total. The van der Waals surface area contributed by atoms with E-state index in [1.807, 2.05) is 42.5 Å². The summed E-state index contributed by atoms with van der Waals surface area (Å²) < 4.78 is 2.17. The van der Waals surface area contributed by atoms with Crippen molar-refractivity contribution in [3.63, 3.8) is 0 Å². The second-order valence-corrected chi connectivity index (χ2v) is 6.89. The van der Waals surface area contributed by atoms with E-state index >= 15 is 0 Å². The van der Waals surface area contributed by atoms with Crippen LogP contribution in [0.2, 0.25) is 0 Å². The summed E-state index contributed by atoms with van der Waals surface area (Å²) in [7, 11) is 0. The molecule has 0 atom stereocenters. The Morgan fingerprint density at radius 1 is 1.04 bits per heavy atom. The molecule has 0 bridgehead atoms. The molecule has 0 amide bonds. The summed E-state index contributed by atoms with van der Waals surface area (Å²) in [5, 5.41) is 12.0. The number of benzene rings is 2. The molecule has 120 valence electrons. The monoisotopic (exact) mass is 314 g/mol. The van der Waals surface area contributed by atoms with Gasteiger partial charge in [-0.2, -0.15) is 5.26 Å². The molecule has 0 saturated heterocycles. The number of rotatable bonds is 5. The van der Waals surface area contributed by atoms with E-state index in [0.717, 1.165) is 17.5 Å². The van der Waals surface area contributed by atoms with Crippen LogP contribution in [0.4, 0.5) is 0 Å². The minimum absolute atomic E-state index is 0.0255. The van der Waals surface area contributed by atoms with Gasteiger partial charge in [-0.3, -0.25) is 0 Å². The maximum Gasteiger partial charge on any atom is 0.128 e. The number of nitriles is 1. The van der Waals surface area contributed by atoms with E-state index < -0.39 is 0 Å². The molecular formula is C22H22N2. The van der Waals surface area contributed by atoms with E-state index in [4.69, 9.17) is 0 Å². The lowest BCUT2D eigenvalue weighted by Gasteiger charge is -2.22. The van der Waals surface area contributed by atoms with E-state index in [2.05, 4.69) is 49.3 Å². The van der Waals surface area contributed by atoms with Gasteiger partial charge in [-0.1, -0.05) is 74.5 Å². The molecule has 0 saturated carbocycles. The maximum absolute atomic E-state index is 9.77. The molecule has 2 nitrogen and oxygen atoms in total. The van der Waals surface area contributed by atoms with Gasteiger partial charge in [0.1, 0.15) is 11.8 Å². The third-order valence-corrected chi connectivity index (χ3v) is 4.55. The maximum atomic E-state index is 9.77. The molecule has 0 spiro atoms. The molecule has 0 aliphatic carbocycles. The van der Waals surface area contributed by atoms with Crippen molar-refractivity contribution in [3.8, 4) is 6.07 Å². The highest BCUT2D eigenvalue weighted by Crippen LogP contribution is 2.32. The quantitative estimate of drug-likeness (QED) is 0.586. The highest BCUT2D eigenvalue weighted by Gasteiger charge is 2.22. The predicted molar refractivity (Wildman–Crippen MR) is 99.9 cm³/mol. The molecule has 3 rings (SSSR count). The van der Waals surface area contributed by atoms with Gasteiger partial charge in [-0.15, -0.1) is 6.58 Å². The molecule has 0 aliphatic heterocycles. The van der Waals surface area contributed by atoms with Gasteiger partial charge >= 0.3 is 0 Å². The van der Waals surface area contributed by atoms with Crippen molar-refractivity contribution in [2.75, 3.05) is 0 Å². The molecule has 1 aromatic heterocycles. The lowest BCUT2D eigenvalue weighted by Crippen LogP contribution is -2.16. The second-order valence-electron chi connectivity index (χ2n) is 6.89. The Labute approximate surface area is 143 Å². The van der Waals surface area contributed by atoms with Crippen LogP contribution in [0.5, 0.6) is 0 Å². The molecule has 0 unspecified atom stereocenters. The summed E-state index contributed by atoms with van der Waals surface area (Å²) in [6.45, 7) is 9.05. The third kappa shape index (κ3) is 2.98. The molecule has 24 heavy (non-hydrogen) atoms. The summed E-state index contributed by atoms with van der Waals surface area (Å²) in [6.07, 6.45) is 2.85. The summed E-state index contributed by atoms with van der Waals surface area (Å²) >= 11 is 0. The number of allylic oxidation sites excluding steroid dienone is 1. The fourth-order valence-electron chi connectivity index (χ4n) is 3.12. The first-order valence-electron chi connectivity index (χ1n) is 8.23. The zero-order valence-corrected chi connectivity index (χ0v) is 14.3. The fraction of sp³-hybridized carbons (Fsp3) is 0.227. The van der Waals surface area contributed by atoms with Gasteiger partial charge in [0.25, 0.3) is 0 Å². The number of aromatic nitrogens is 1. The van der Waals surface area contributed by atoms with Crippen molar-refractivity contribution in [1.29, 1.82) is 5.26 Å². The van der Waals surface area contributed by atoms with Gasteiger partial charge in [0.05, 0.1) is 0 Å². The van der Waals surface area contributed by atoms with Gasteiger partial charge in [-0.05, 0) is 17.4 Å². The summed E-state index contributed by atoms with van der Waals surface area (Å²) in [5.41, 5.74) is 3.12. The zero-order chi connectivity index (χ0) is 17.2. The number of hydrogen-bond acceptors (Lipinski definition) is 1. The highest BCUT2D eigenvalue weighted by atomic mass is 15.0. The Hall–Kier alpha value is -2.79. The number of nitrogens with zero attached hydrogens (tertiary/aromatic N) is 2. The topological polar surface area (TPSA) is 28.7 Å². The molecule has 0 radical (unpaired) electrons. The molecular weight excluding hydrogens is 292 g/mol. The van der Waals surface area contributed by atoms with Crippen LogP contribution in [-0.4, -0.2) is 4.57 Å². The van der Waals surface area contributed by atoms with Crippen LogP contribution in [0.25, 0.3) is 10.8 Å². The Morgan fingerprint density at radius 3 is 2.29 bits per heavy atom. The first kappa shape index (κ1) is 16.1. The summed E-state index contributed by atoms with van der Waals surface area (Å²) in [6, 6.07) is 20.9. The SMILES string of the molecule is C=CC(C)(C)Cc1c2ccccc2c(C#N)n1Cc1ccccc1. The van der Waals surface area contributed by atoms with Crippen LogP contribution in [0.1, 0.15) is 30.8 Å². The largest absolute Gasteiger partial charge is 0.331 e. The predicted octanol–water partition coefficient (Wildman–Crippen LogP) is 5.32. The molecule has 0 fully saturated rings. The average Bonchev–Trinajstić information content (AvgIpc) is 2.88. The van der Waals surface area contributed by atoms with Crippen molar-refractivity contribution < 1.29 is 0 Å². The van der Waals surface area contributed by atoms with Gasteiger partial charge < -0.3 is 4.57 Å². The van der Waals surface area contributed by atoms with E-state index in [1.54, 1.807) is 0 Å². The van der Waals surface area contributed by atoms with Crippen LogP contribution in [-0.2, 0) is 13.0 Å². The Morgan fingerprint density at radius 2 is 1.67 bits per heavy atom. The molecule has 1 heterocycles. The van der Waals surface area contributed by atoms with Crippen LogP contribution in [0.3, 0.4) is 0 Å². The van der Waals surface area contributed by atoms with Gasteiger partial charge in [0.15, 0.2) is 0 Å². The van der Waals surface area contributed by atoms with Gasteiger partial charge in [-0.25, -0.2) is 0 Å². The number of hydrogen-bond donors (Lipinski definition) is 0. The average molecular weight is 314 g/mol. The van der Waals surface area contributed by atoms with Crippen molar-refractivity contribution >= 4 is 10.8 Å². The standard InChI is InChI=1S/C22H22N2/c1-4-22(2,3)14-20-18-12-8-9-13-19(18)21(15-23)24(20)16-17-10-6-5-7-11-17/h4-13H,1,14,16H2,2-3H3. The molecule has 2 heteroatoms. The minimum atomic E-state index is -0.0255. The molecule has 0 aliphatic rings. The van der Waals surface area contributed by atoms with E-state index in [-0.39, 0.29) is 5.41 Å². The Bertz CT molecular complexity index is 908. The summed E-state index contributed by atoms with van der Waals surface area (Å²) in [5.74, 6) is 0. The Kier molecular flexibility index (Phi) is 4.27. The second kappa shape index (κ2) is 6.37. The van der Waals surface area contributed by atoms with Crippen LogP contribution >= 0.6 is 0 Å². The molecule has 3 aromatic rings. The Balaban J connectivity index is 2.21. The lowest BCUT2D eigenvalue weighted by atomic mass is 9.87. The van der Waals surface area contributed by atoms with E-state index in [9.17, 15) is 5.26 Å². The highest BCUT2D eigenvalue weighted by molar-refractivity contribution is 5.90. The van der Waals surface area contributed by atoms with Crippen molar-refractivity contribution in [2.45, 2.75) is 26.8 Å². The van der Waals surface area contributed by atoms with Crippen LogP contribution in [0, 0.1) is 16.7 Å². The first-order chi connectivity index (χ1) is 11.6. The minimum Gasteiger partial charge on any atom is -0.331 e. The van der Waals surface area contributed by atoms with Gasteiger partial charge in [0, 0.05) is 23.0 Å². The van der Waals surface area contributed by atoms with Crippen LogP contribution < -0.4 is 0 Å². The lowest BCUT2D eigenvalue weighted by molar-refractivity contribution is 0.463.